The Bertz CT molecular complexity index is 606. The summed E-state index contributed by atoms with van der Waals surface area (Å²) in [5.74, 6) is 1.85. The van der Waals surface area contributed by atoms with Crippen molar-refractivity contribution in [2.75, 3.05) is 13.1 Å². The van der Waals surface area contributed by atoms with Gasteiger partial charge in [-0.05, 0) is 61.6 Å². The first-order valence-corrected chi connectivity index (χ1v) is 10.0. The Balaban J connectivity index is 0.00000261. The van der Waals surface area contributed by atoms with Crippen molar-refractivity contribution in [2.24, 2.45) is 11.7 Å². The van der Waals surface area contributed by atoms with Crippen LogP contribution in [0.15, 0.2) is 24.3 Å². The molecule has 27 heavy (non-hydrogen) atoms. The van der Waals surface area contributed by atoms with Gasteiger partial charge in [-0.15, -0.1) is 12.4 Å². The lowest BCUT2D eigenvalue weighted by Crippen LogP contribution is -2.42. The van der Waals surface area contributed by atoms with Gasteiger partial charge in [0.15, 0.2) is 5.96 Å². The van der Waals surface area contributed by atoms with Crippen molar-refractivity contribution < 1.29 is 9.53 Å². The molecule has 1 aromatic carbocycles. The van der Waals surface area contributed by atoms with Gasteiger partial charge >= 0.3 is 5.97 Å². The summed E-state index contributed by atoms with van der Waals surface area (Å²) >= 11 is 0. The van der Waals surface area contributed by atoms with Gasteiger partial charge in [-0.1, -0.05) is 31.4 Å². The number of nitrogens with zero attached hydrogens (tertiary/aromatic N) is 1. The standard InChI is InChI=1S/C21H31N3O2.ClH/c22-21(23)24-14-12-16(13-15-24)6-11-20(25)26-19-9-7-18(8-10-19)17-4-2-1-3-5-17;/h7-10,16-17H,1-6,11-15H2,(H3,22,23);1H. The number of benzene rings is 1. The Morgan fingerprint density at radius 2 is 1.70 bits per heavy atom. The number of hydrogen-bond donors (Lipinski definition) is 2. The number of carbonyl (C=O) groups excluding carboxylic acids is 1. The maximum Gasteiger partial charge on any atom is 0.311 e. The number of ether oxygens (including phenoxy) is 1. The molecule has 2 fully saturated rings. The molecular formula is C21H32ClN3O2. The highest BCUT2D eigenvalue weighted by Crippen LogP contribution is 2.33. The largest absolute Gasteiger partial charge is 0.427 e. The molecule has 5 nitrogen and oxygen atoms in total. The van der Waals surface area contributed by atoms with E-state index in [0.717, 1.165) is 32.4 Å². The van der Waals surface area contributed by atoms with E-state index in [1.807, 2.05) is 17.0 Å². The van der Waals surface area contributed by atoms with Crippen molar-refractivity contribution >= 4 is 24.3 Å². The highest BCUT2D eigenvalue weighted by molar-refractivity contribution is 5.85. The van der Waals surface area contributed by atoms with Gasteiger partial charge in [0.1, 0.15) is 5.75 Å². The normalized spacial score (nSPS) is 18.6. The van der Waals surface area contributed by atoms with Gasteiger partial charge in [0.05, 0.1) is 0 Å². The number of likely N-dealkylation sites (tertiary alicyclic amines) is 1. The van der Waals surface area contributed by atoms with Crippen LogP contribution < -0.4 is 10.5 Å². The maximum atomic E-state index is 12.1. The number of piperidine rings is 1. The fourth-order valence-electron chi connectivity index (χ4n) is 4.21. The van der Waals surface area contributed by atoms with Crippen LogP contribution in [0.3, 0.4) is 0 Å². The molecule has 1 saturated heterocycles. The number of hydrogen-bond acceptors (Lipinski definition) is 3. The Hall–Kier alpha value is -1.75. The van der Waals surface area contributed by atoms with Gasteiger partial charge < -0.3 is 15.4 Å². The molecule has 0 aromatic heterocycles. The Morgan fingerprint density at radius 1 is 1.07 bits per heavy atom. The van der Waals surface area contributed by atoms with E-state index in [-0.39, 0.29) is 24.3 Å². The summed E-state index contributed by atoms with van der Waals surface area (Å²) in [5.41, 5.74) is 6.89. The van der Waals surface area contributed by atoms with Crippen LogP contribution >= 0.6 is 12.4 Å². The monoisotopic (exact) mass is 393 g/mol. The summed E-state index contributed by atoms with van der Waals surface area (Å²) in [4.78, 5) is 14.0. The van der Waals surface area contributed by atoms with Gasteiger partial charge in [0.25, 0.3) is 0 Å². The number of carbonyl (C=O) groups is 1. The van der Waals surface area contributed by atoms with Gasteiger partial charge in [-0.2, -0.15) is 0 Å². The molecule has 6 heteroatoms. The number of halogens is 1. The highest BCUT2D eigenvalue weighted by Gasteiger charge is 2.21. The Labute approximate surface area is 168 Å². The van der Waals surface area contributed by atoms with Crippen LogP contribution in [-0.2, 0) is 4.79 Å². The van der Waals surface area contributed by atoms with Crippen LogP contribution in [0.25, 0.3) is 0 Å². The van der Waals surface area contributed by atoms with Crippen LogP contribution in [0.2, 0.25) is 0 Å². The molecule has 0 amide bonds. The van der Waals surface area contributed by atoms with E-state index in [2.05, 4.69) is 12.1 Å². The average molecular weight is 394 g/mol. The zero-order valence-electron chi connectivity index (χ0n) is 16.0. The van der Waals surface area contributed by atoms with Crippen LogP contribution in [0.5, 0.6) is 5.75 Å². The van der Waals surface area contributed by atoms with E-state index in [9.17, 15) is 4.79 Å². The van der Waals surface area contributed by atoms with Gasteiger partial charge in [0.2, 0.25) is 0 Å². The van der Waals surface area contributed by atoms with Crippen LogP contribution in [-0.4, -0.2) is 29.9 Å². The van der Waals surface area contributed by atoms with Crippen LogP contribution in [0.4, 0.5) is 0 Å². The summed E-state index contributed by atoms with van der Waals surface area (Å²) in [6, 6.07) is 8.12. The SMILES string of the molecule is Cl.N=C(N)N1CCC(CCC(=O)Oc2ccc(C3CCCCC3)cc2)CC1. The summed E-state index contributed by atoms with van der Waals surface area (Å²) < 4.78 is 5.50. The van der Waals surface area contributed by atoms with Crippen LogP contribution in [0, 0.1) is 11.3 Å². The van der Waals surface area contributed by atoms with E-state index in [1.165, 1.54) is 37.7 Å². The van der Waals surface area contributed by atoms with Crippen molar-refractivity contribution in [2.45, 2.75) is 63.7 Å². The van der Waals surface area contributed by atoms with E-state index in [0.29, 0.717) is 24.0 Å². The molecule has 0 atom stereocenters. The van der Waals surface area contributed by atoms with Gasteiger partial charge in [-0.3, -0.25) is 10.2 Å². The first kappa shape index (κ1) is 21.5. The minimum absolute atomic E-state index is 0. The predicted molar refractivity (Wildman–Crippen MR) is 111 cm³/mol. The fourth-order valence-corrected chi connectivity index (χ4v) is 4.21. The van der Waals surface area contributed by atoms with Gasteiger partial charge in [0, 0.05) is 19.5 Å². The van der Waals surface area contributed by atoms with E-state index < -0.39 is 0 Å². The second-order valence-electron chi connectivity index (χ2n) is 7.73. The van der Waals surface area contributed by atoms with Crippen molar-refractivity contribution in [1.29, 1.82) is 5.41 Å². The molecule has 0 spiro atoms. The lowest BCUT2D eigenvalue weighted by atomic mass is 9.84. The molecule has 2 aliphatic rings. The minimum Gasteiger partial charge on any atom is -0.427 e. The number of esters is 1. The first-order valence-electron chi connectivity index (χ1n) is 10.0. The molecule has 1 heterocycles. The summed E-state index contributed by atoms with van der Waals surface area (Å²) in [7, 11) is 0. The Kier molecular flexibility index (Phi) is 8.42. The van der Waals surface area contributed by atoms with Crippen molar-refractivity contribution in [3.8, 4) is 5.75 Å². The lowest BCUT2D eigenvalue weighted by Gasteiger charge is -2.31. The maximum absolute atomic E-state index is 12.1. The molecule has 3 rings (SSSR count). The average Bonchev–Trinajstić information content (AvgIpc) is 2.68. The molecule has 1 saturated carbocycles. The zero-order valence-corrected chi connectivity index (χ0v) is 16.8. The van der Waals surface area contributed by atoms with E-state index in [4.69, 9.17) is 15.9 Å². The highest BCUT2D eigenvalue weighted by atomic mass is 35.5. The molecule has 1 aromatic rings. The molecule has 3 N–H and O–H groups in total. The number of nitrogens with one attached hydrogen (secondary N) is 1. The molecule has 1 aliphatic heterocycles. The molecule has 150 valence electrons. The molecular weight excluding hydrogens is 362 g/mol. The van der Waals surface area contributed by atoms with Crippen molar-refractivity contribution in [1.82, 2.24) is 4.90 Å². The van der Waals surface area contributed by atoms with Crippen molar-refractivity contribution in [3.05, 3.63) is 29.8 Å². The second-order valence-corrected chi connectivity index (χ2v) is 7.73. The van der Waals surface area contributed by atoms with Gasteiger partial charge in [-0.25, -0.2) is 0 Å². The summed E-state index contributed by atoms with van der Waals surface area (Å²) in [6.07, 6.45) is 9.86. The first-order chi connectivity index (χ1) is 12.6. The number of rotatable bonds is 5. The topological polar surface area (TPSA) is 79.4 Å². The molecule has 0 radical (unpaired) electrons. The van der Waals surface area contributed by atoms with E-state index >= 15 is 0 Å². The third-order valence-corrected chi connectivity index (χ3v) is 5.90. The second kappa shape index (κ2) is 10.5. The van der Waals surface area contributed by atoms with Crippen LogP contribution in [0.1, 0.15) is 69.3 Å². The molecule has 0 unspecified atom stereocenters. The number of guanidine groups is 1. The quantitative estimate of drug-likeness (QED) is 0.335. The molecule has 0 bridgehead atoms. The predicted octanol–water partition coefficient (Wildman–Crippen LogP) is 4.45. The lowest BCUT2D eigenvalue weighted by molar-refractivity contribution is -0.134. The Morgan fingerprint density at radius 3 is 2.30 bits per heavy atom. The third kappa shape index (κ3) is 6.42. The summed E-state index contributed by atoms with van der Waals surface area (Å²) in [5, 5.41) is 7.46. The minimum atomic E-state index is -0.149. The zero-order chi connectivity index (χ0) is 18.4. The number of nitrogens with two attached hydrogens (primary N) is 1. The summed E-state index contributed by atoms with van der Waals surface area (Å²) in [6.45, 7) is 1.63. The fraction of sp³-hybridized carbons (Fsp3) is 0.619. The van der Waals surface area contributed by atoms with Crippen molar-refractivity contribution in [3.63, 3.8) is 0 Å². The third-order valence-electron chi connectivity index (χ3n) is 5.90. The smallest absolute Gasteiger partial charge is 0.311 e. The van der Waals surface area contributed by atoms with E-state index in [1.54, 1.807) is 0 Å². The molecule has 1 aliphatic carbocycles.